The summed E-state index contributed by atoms with van der Waals surface area (Å²) in [4.78, 5) is 29.9. The Balaban J connectivity index is 1.41. The number of ether oxygens (including phenoxy) is 1. The van der Waals surface area contributed by atoms with Gasteiger partial charge in [-0.3, -0.25) is 4.79 Å². The number of carbonyl (C=O) groups is 1. The van der Waals surface area contributed by atoms with Gasteiger partial charge in [0.25, 0.3) is 0 Å². The number of carbonyl (C=O) groups excluding carboxylic acids is 1. The summed E-state index contributed by atoms with van der Waals surface area (Å²) in [6, 6.07) is 14.0. The number of anilines is 1. The topological polar surface area (TPSA) is 146 Å². The molecule has 1 aliphatic carbocycles. The molecular formula is C24H18BrN5O5. The molecule has 3 aromatic rings. The lowest BCUT2D eigenvalue weighted by atomic mass is 10.1. The van der Waals surface area contributed by atoms with Crippen LogP contribution in [0.5, 0.6) is 0 Å². The van der Waals surface area contributed by atoms with Crippen molar-refractivity contribution >= 4 is 38.7 Å². The van der Waals surface area contributed by atoms with Crippen molar-refractivity contribution in [3.8, 4) is 11.5 Å². The first-order valence-corrected chi connectivity index (χ1v) is 11.3. The lowest BCUT2D eigenvalue weighted by molar-refractivity contribution is 0.0469. The molecule has 2 heterocycles. The van der Waals surface area contributed by atoms with Crippen LogP contribution in [0.1, 0.15) is 27.2 Å². The van der Waals surface area contributed by atoms with Gasteiger partial charge in [0.1, 0.15) is 29.1 Å². The number of nitrogen functional groups attached to an aromatic ring is 1. The number of nitrogens with two attached hydrogens (primary N) is 1. The van der Waals surface area contributed by atoms with Crippen LogP contribution < -0.4 is 11.2 Å². The maximum absolute atomic E-state index is 13.0. The molecular weight excluding hydrogens is 518 g/mol. The molecule has 0 spiro atoms. The largest absolute Gasteiger partial charge is 0.455 e. The van der Waals surface area contributed by atoms with E-state index in [4.69, 9.17) is 14.9 Å². The van der Waals surface area contributed by atoms with Gasteiger partial charge in [0, 0.05) is 16.1 Å². The minimum Gasteiger partial charge on any atom is -0.455 e. The number of aliphatic hydroxyl groups is 1. The summed E-state index contributed by atoms with van der Waals surface area (Å²) in [7, 11) is 0. The number of nitrogens with zero attached hydrogens (tertiary/aromatic N) is 4. The van der Waals surface area contributed by atoms with Crippen molar-refractivity contribution in [2.75, 3.05) is 5.73 Å². The van der Waals surface area contributed by atoms with Crippen molar-refractivity contribution in [1.82, 2.24) is 20.0 Å². The number of aliphatic hydroxyl groups excluding tert-OH is 1. The van der Waals surface area contributed by atoms with E-state index in [1.807, 2.05) is 24.3 Å². The van der Waals surface area contributed by atoms with E-state index < -0.39 is 11.4 Å². The summed E-state index contributed by atoms with van der Waals surface area (Å²) in [6.07, 6.45) is 1.66. The SMILES string of the molecule is Nc1c(C(=O)OCc2cn(Cc3ccc(Br)cc3)nn2)c2nc3c(CO)cccc3oc-2cc1=O. The van der Waals surface area contributed by atoms with Crippen LogP contribution >= 0.6 is 15.9 Å². The summed E-state index contributed by atoms with van der Waals surface area (Å²) in [5.74, 6) is -0.768. The molecule has 1 aromatic heterocycles. The van der Waals surface area contributed by atoms with Crippen molar-refractivity contribution in [2.24, 2.45) is 0 Å². The van der Waals surface area contributed by atoms with Crippen LogP contribution in [0.25, 0.3) is 22.6 Å². The van der Waals surface area contributed by atoms with E-state index in [-0.39, 0.29) is 35.9 Å². The maximum atomic E-state index is 13.0. The van der Waals surface area contributed by atoms with E-state index in [9.17, 15) is 14.7 Å². The molecule has 2 aliphatic rings. The molecule has 0 saturated carbocycles. The molecule has 0 radical (unpaired) electrons. The highest BCUT2D eigenvalue weighted by atomic mass is 79.9. The molecule has 0 saturated heterocycles. The highest BCUT2D eigenvalue weighted by molar-refractivity contribution is 9.10. The first kappa shape index (κ1) is 22.7. The molecule has 0 amide bonds. The van der Waals surface area contributed by atoms with Crippen molar-refractivity contribution in [3.05, 3.63) is 91.8 Å². The maximum Gasteiger partial charge on any atom is 0.343 e. The fourth-order valence-electron chi connectivity index (χ4n) is 3.64. The summed E-state index contributed by atoms with van der Waals surface area (Å²) >= 11 is 3.40. The first-order chi connectivity index (χ1) is 16.9. The van der Waals surface area contributed by atoms with E-state index in [2.05, 4.69) is 31.2 Å². The second-order valence-electron chi connectivity index (χ2n) is 7.76. The van der Waals surface area contributed by atoms with Gasteiger partial charge in [0.15, 0.2) is 11.3 Å². The Labute approximate surface area is 206 Å². The second-order valence-corrected chi connectivity index (χ2v) is 8.67. The van der Waals surface area contributed by atoms with Crippen molar-refractivity contribution in [3.63, 3.8) is 0 Å². The lowest BCUT2D eigenvalue weighted by Crippen LogP contribution is -2.19. The standard InChI is InChI=1S/C24H18BrN5O5/c25-15-6-4-13(5-7-15)9-30-10-16(28-29-30)12-34-24(33)20-21(26)17(32)8-19-23(20)27-22-14(11-31)2-1-3-18(22)35-19/h1-8,10,31H,9,11-12,26H2. The molecule has 0 atom stereocenters. The van der Waals surface area contributed by atoms with E-state index in [0.29, 0.717) is 28.9 Å². The average Bonchev–Trinajstić information content (AvgIpc) is 3.30. The molecule has 1 aliphatic heterocycles. The van der Waals surface area contributed by atoms with Crippen LogP contribution in [0.4, 0.5) is 5.69 Å². The number of hydrogen-bond acceptors (Lipinski definition) is 9. The average molecular weight is 536 g/mol. The minimum atomic E-state index is -0.851. The highest BCUT2D eigenvalue weighted by Crippen LogP contribution is 2.31. The Bertz CT molecular complexity index is 1580. The molecule has 0 fully saturated rings. The summed E-state index contributed by atoms with van der Waals surface area (Å²) in [5, 5.41) is 17.7. The zero-order valence-electron chi connectivity index (χ0n) is 18.1. The quantitative estimate of drug-likeness (QED) is 0.190. The van der Waals surface area contributed by atoms with Crippen LogP contribution in [0.3, 0.4) is 0 Å². The minimum absolute atomic E-state index is 0.0689. The van der Waals surface area contributed by atoms with Crippen molar-refractivity contribution in [1.29, 1.82) is 0 Å². The molecule has 5 rings (SSSR count). The predicted molar refractivity (Wildman–Crippen MR) is 130 cm³/mol. The normalized spacial score (nSPS) is 11.3. The Morgan fingerprint density at radius 1 is 1.20 bits per heavy atom. The molecule has 0 bridgehead atoms. The van der Waals surface area contributed by atoms with Gasteiger partial charge in [-0.15, -0.1) is 5.10 Å². The smallest absolute Gasteiger partial charge is 0.343 e. The summed E-state index contributed by atoms with van der Waals surface area (Å²) in [5.41, 5.74) is 7.58. The third kappa shape index (κ3) is 4.51. The molecule has 11 heteroatoms. The molecule has 10 nitrogen and oxygen atoms in total. The van der Waals surface area contributed by atoms with Crippen LogP contribution in [-0.2, 0) is 24.5 Å². The van der Waals surface area contributed by atoms with E-state index in [0.717, 1.165) is 10.0 Å². The number of para-hydroxylation sites is 1. The Hall–Kier alpha value is -4.09. The molecule has 3 N–H and O–H groups in total. The fraction of sp³-hybridized carbons (Fsp3) is 0.125. The number of aromatic nitrogens is 4. The van der Waals surface area contributed by atoms with Gasteiger partial charge in [-0.25, -0.2) is 14.5 Å². The van der Waals surface area contributed by atoms with Gasteiger partial charge in [0.2, 0.25) is 5.43 Å². The number of esters is 1. The van der Waals surface area contributed by atoms with Crippen LogP contribution in [-0.4, -0.2) is 31.1 Å². The van der Waals surface area contributed by atoms with Crippen molar-refractivity contribution < 1.29 is 19.1 Å². The number of benzene rings is 3. The summed E-state index contributed by atoms with van der Waals surface area (Å²) in [6.45, 7) is 0.0295. The number of fused-ring (bicyclic) bond motifs is 2. The van der Waals surface area contributed by atoms with Gasteiger partial charge < -0.3 is 20.0 Å². The van der Waals surface area contributed by atoms with Gasteiger partial charge in [0.05, 0.1) is 25.0 Å². The Morgan fingerprint density at radius 3 is 2.77 bits per heavy atom. The van der Waals surface area contributed by atoms with Gasteiger partial charge in [-0.2, -0.15) is 0 Å². The number of hydrogen-bond donors (Lipinski definition) is 2. The van der Waals surface area contributed by atoms with Crippen LogP contribution in [0, 0.1) is 0 Å². The zero-order chi connectivity index (χ0) is 24.5. The number of halogens is 1. The van der Waals surface area contributed by atoms with E-state index >= 15 is 0 Å². The van der Waals surface area contributed by atoms with Crippen molar-refractivity contribution in [2.45, 2.75) is 19.8 Å². The van der Waals surface area contributed by atoms with Gasteiger partial charge >= 0.3 is 5.97 Å². The molecule has 2 aromatic carbocycles. The third-order valence-corrected chi connectivity index (χ3v) is 5.89. The molecule has 0 unspecified atom stereocenters. The van der Waals surface area contributed by atoms with Gasteiger partial charge in [-0.1, -0.05) is 45.4 Å². The molecule has 35 heavy (non-hydrogen) atoms. The highest BCUT2D eigenvalue weighted by Gasteiger charge is 2.26. The lowest BCUT2D eigenvalue weighted by Gasteiger charge is -2.13. The van der Waals surface area contributed by atoms with Crippen LogP contribution in [0.2, 0.25) is 0 Å². The Morgan fingerprint density at radius 2 is 2.00 bits per heavy atom. The summed E-state index contributed by atoms with van der Waals surface area (Å²) < 4.78 is 13.8. The predicted octanol–water partition coefficient (Wildman–Crippen LogP) is 3.13. The van der Waals surface area contributed by atoms with Crippen LogP contribution in [0.15, 0.2) is 68.4 Å². The molecule has 176 valence electrons. The third-order valence-electron chi connectivity index (χ3n) is 5.36. The van der Waals surface area contributed by atoms with E-state index in [1.165, 1.54) is 6.07 Å². The monoisotopic (exact) mass is 535 g/mol. The Kier molecular flexibility index (Phi) is 6.01. The number of rotatable bonds is 6. The fourth-order valence-corrected chi connectivity index (χ4v) is 3.90. The zero-order valence-corrected chi connectivity index (χ0v) is 19.7. The van der Waals surface area contributed by atoms with Gasteiger partial charge in [-0.05, 0) is 23.8 Å². The van der Waals surface area contributed by atoms with E-state index in [1.54, 1.807) is 29.1 Å². The first-order valence-electron chi connectivity index (χ1n) is 10.5. The second kappa shape index (κ2) is 9.28.